The number of aryl methyl sites for hydroxylation is 1. The first kappa shape index (κ1) is 18.8. The fourth-order valence-corrected chi connectivity index (χ4v) is 3.60. The summed E-state index contributed by atoms with van der Waals surface area (Å²) in [5.41, 5.74) is 3.45. The van der Waals surface area contributed by atoms with Crippen molar-refractivity contribution in [3.8, 4) is 5.75 Å². The molecular formula is C23H23N3O3. The number of benzene rings is 2. The van der Waals surface area contributed by atoms with Gasteiger partial charge in [0.25, 0.3) is 5.56 Å². The topological polar surface area (TPSA) is 64.7 Å². The Labute approximate surface area is 168 Å². The zero-order chi connectivity index (χ0) is 20.2. The third-order valence-electron chi connectivity index (χ3n) is 5.05. The maximum absolute atomic E-state index is 12.9. The molecule has 0 saturated heterocycles. The molecule has 2 aromatic carbocycles. The second kappa shape index (κ2) is 8.22. The van der Waals surface area contributed by atoms with Crippen LogP contribution in [-0.2, 0) is 17.9 Å². The molecule has 4 rings (SSSR count). The first-order chi connectivity index (χ1) is 14.2. The van der Waals surface area contributed by atoms with Gasteiger partial charge >= 0.3 is 0 Å². The van der Waals surface area contributed by atoms with E-state index in [1.165, 1.54) is 0 Å². The molecule has 0 unspecified atom stereocenters. The molecule has 1 amide bonds. The predicted octanol–water partition coefficient (Wildman–Crippen LogP) is 3.36. The lowest BCUT2D eigenvalue weighted by Crippen LogP contribution is -2.25. The summed E-state index contributed by atoms with van der Waals surface area (Å²) in [6.07, 6.45) is 2.84. The molecule has 6 heteroatoms. The number of nitrogens with zero attached hydrogens (tertiary/aromatic N) is 2. The van der Waals surface area contributed by atoms with E-state index in [1.807, 2.05) is 71.3 Å². The molecule has 0 aliphatic carbocycles. The summed E-state index contributed by atoms with van der Waals surface area (Å²) in [7, 11) is 1.62. The Kier molecular flexibility index (Phi) is 5.33. The van der Waals surface area contributed by atoms with E-state index in [0.29, 0.717) is 31.4 Å². The summed E-state index contributed by atoms with van der Waals surface area (Å²) >= 11 is 0. The number of amides is 1. The normalized spacial score (nSPS) is 11.1. The molecule has 0 aliphatic rings. The minimum absolute atomic E-state index is 0.0334. The smallest absolute Gasteiger partial charge is 0.275 e. The van der Waals surface area contributed by atoms with Gasteiger partial charge in [-0.05, 0) is 48.4 Å². The molecule has 6 nitrogen and oxygen atoms in total. The number of hydrogen-bond acceptors (Lipinski definition) is 3. The minimum Gasteiger partial charge on any atom is -0.497 e. The second-order valence-electron chi connectivity index (χ2n) is 6.94. The molecule has 148 valence electrons. The molecule has 0 saturated carbocycles. The van der Waals surface area contributed by atoms with Crippen molar-refractivity contribution in [2.45, 2.75) is 25.9 Å². The van der Waals surface area contributed by atoms with Crippen molar-refractivity contribution in [2.75, 3.05) is 7.11 Å². The van der Waals surface area contributed by atoms with E-state index in [-0.39, 0.29) is 11.5 Å². The Morgan fingerprint density at radius 1 is 1.00 bits per heavy atom. The largest absolute Gasteiger partial charge is 0.497 e. The van der Waals surface area contributed by atoms with Crippen molar-refractivity contribution in [3.05, 3.63) is 82.8 Å². The second-order valence-corrected chi connectivity index (χ2v) is 6.94. The first-order valence-electron chi connectivity index (χ1n) is 9.65. The van der Waals surface area contributed by atoms with E-state index in [1.54, 1.807) is 11.7 Å². The molecule has 29 heavy (non-hydrogen) atoms. The van der Waals surface area contributed by atoms with Gasteiger partial charge in [0.2, 0.25) is 5.91 Å². The molecule has 0 aliphatic heterocycles. The number of carbonyl (C=O) groups is 1. The highest BCUT2D eigenvalue weighted by molar-refractivity contribution is 5.79. The minimum atomic E-state index is -0.0366. The number of carbonyl (C=O) groups excluding carboxylic acids is 1. The van der Waals surface area contributed by atoms with E-state index in [2.05, 4.69) is 5.32 Å². The molecule has 4 aromatic rings. The lowest BCUT2D eigenvalue weighted by atomic mass is 10.2. The number of aromatic nitrogens is 2. The van der Waals surface area contributed by atoms with Crippen LogP contribution in [0.3, 0.4) is 0 Å². The Hall–Kier alpha value is -3.54. The highest BCUT2D eigenvalue weighted by Crippen LogP contribution is 2.16. The summed E-state index contributed by atoms with van der Waals surface area (Å²) in [4.78, 5) is 25.1. The van der Waals surface area contributed by atoms with Crippen LogP contribution in [0.5, 0.6) is 5.75 Å². The van der Waals surface area contributed by atoms with Crippen LogP contribution in [0, 0.1) is 0 Å². The van der Waals surface area contributed by atoms with Crippen LogP contribution in [0.2, 0.25) is 0 Å². The number of ether oxygens (including phenoxy) is 1. The highest BCUT2D eigenvalue weighted by Gasteiger charge is 2.10. The van der Waals surface area contributed by atoms with Crippen LogP contribution in [-0.4, -0.2) is 22.0 Å². The summed E-state index contributed by atoms with van der Waals surface area (Å²) in [5, 5.41) is 2.93. The Bertz CT molecular complexity index is 1220. The van der Waals surface area contributed by atoms with Crippen LogP contribution in [0.15, 0.2) is 71.7 Å². The number of methoxy groups -OCH3 is 1. The van der Waals surface area contributed by atoms with Gasteiger partial charge in [-0.15, -0.1) is 0 Å². The van der Waals surface area contributed by atoms with Crippen LogP contribution >= 0.6 is 0 Å². The van der Waals surface area contributed by atoms with Gasteiger partial charge in [0, 0.05) is 25.7 Å². The molecular weight excluding hydrogens is 366 g/mol. The Morgan fingerprint density at radius 3 is 2.62 bits per heavy atom. The maximum atomic E-state index is 12.9. The van der Waals surface area contributed by atoms with Crippen molar-refractivity contribution in [2.24, 2.45) is 0 Å². The third kappa shape index (κ3) is 3.87. The van der Waals surface area contributed by atoms with E-state index in [0.717, 1.165) is 22.3 Å². The van der Waals surface area contributed by atoms with Gasteiger partial charge in [0.05, 0.1) is 18.1 Å². The van der Waals surface area contributed by atoms with E-state index < -0.39 is 0 Å². The maximum Gasteiger partial charge on any atom is 0.275 e. The zero-order valence-corrected chi connectivity index (χ0v) is 16.3. The van der Waals surface area contributed by atoms with Gasteiger partial charge in [-0.1, -0.05) is 24.3 Å². The lowest BCUT2D eigenvalue weighted by Gasteiger charge is -2.12. The average Bonchev–Trinajstić information content (AvgIpc) is 3.25. The number of rotatable bonds is 7. The van der Waals surface area contributed by atoms with Gasteiger partial charge in [0.15, 0.2) is 0 Å². The Morgan fingerprint density at radius 2 is 1.79 bits per heavy atom. The number of para-hydroxylation sites is 2. The van der Waals surface area contributed by atoms with Gasteiger partial charge in [-0.2, -0.15) is 0 Å². The molecule has 0 fully saturated rings. The van der Waals surface area contributed by atoms with Crippen molar-refractivity contribution >= 4 is 22.5 Å². The molecule has 0 spiro atoms. The molecule has 0 radical (unpaired) electrons. The van der Waals surface area contributed by atoms with Crippen LogP contribution in [0.1, 0.15) is 18.4 Å². The number of hydrogen-bond donors (Lipinski definition) is 1. The Balaban J connectivity index is 1.42. The van der Waals surface area contributed by atoms with Gasteiger partial charge in [-0.3, -0.25) is 9.59 Å². The fourth-order valence-electron chi connectivity index (χ4n) is 3.60. The van der Waals surface area contributed by atoms with E-state index in [9.17, 15) is 9.59 Å². The van der Waals surface area contributed by atoms with Crippen molar-refractivity contribution in [1.29, 1.82) is 0 Å². The number of nitrogens with one attached hydrogen (secondary N) is 1. The van der Waals surface area contributed by atoms with Crippen LogP contribution < -0.4 is 15.6 Å². The van der Waals surface area contributed by atoms with Gasteiger partial charge in [-0.25, -0.2) is 0 Å². The highest BCUT2D eigenvalue weighted by atomic mass is 16.5. The third-order valence-corrected chi connectivity index (χ3v) is 5.05. The van der Waals surface area contributed by atoms with Gasteiger partial charge < -0.3 is 19.0 Å². The SMILES string of the molecule is COc1cccc(CNC(=O)CCCn2c(=O)c3cccn3c3ccccc32)c1. The summed E-state index contributed by atoms with van der Waals surface area (Å²) in [5.74, 6) is 0.734. The quantitative estimate of drug-likeness (QED) is 0.527. The van der Waals surface area contributed by atoms with E-state index >= 15 is 0 Å². The summed E-state index contributed by atoms with van der Waals surface area (Å²) < 4.78 is 8.88. The predicted molar refractivity (Wildman–Crippen MR) is 113 cm³/mol. The summed E-state index contributed by atoms with van der Waals surface area (Å²) in [6.45, 7) is 0.947. The van der Waals surface area contributed by atoms with Gasteiger partial charge in [0.1, 0.15) is 11.3 Å². The molecule has 1 N–H and O–H groups in total. The van der Waals surface area contributed by atoms with E-state index in [4.69, 9.17) is 4.74 Å². The van der Waals surface area contributed by atoms with Crippen molar-refractivity contribution < 1.29 is 9.53 Å². The first-order valence-corrected chi connectivity index (χ1v) is 9.65. The summed E-state index contributed by atoms with van der Waals surface area (Å²) in [6, 6.07) is 19.1. The van der Waals surface area contributed by atoms with Crippen molar-refractivity contribution in [1.82, 2.24) is 14.3 Å². The number of fused-ring (bicyclic) bond motifs is 3. The average molecular weight is 389 g/mol. The molecule has 0 bridgehead atoms. The van der Waals surface area contributed by atoms with Crippen LogP contribution in [0.4, 0.5) is 0 Å². The monoisotopic (exact) mass is 389 g/mol. The lowest BCUT2D eigenvalue weighted by molar-refractivity contribution is -0.121. The van der Waals surface area contributed by atoms with Crippen LogP contribution in [0.25, 0.3) is 16.6 Å². The molecule has 2 heterocycles. The zero-order valence-electron chi connectivity index (χ0n) is 16.3. The standard InChI is InChI=1S/C23H23N3O3/c1-29-18-8-4-7-17(15-18)16-24-22(27)12-6-14-26-20-10-3-2-9-19(20)25-13-5-11-21(25)23(26)28/h2-5,7-11,13,15H,6,12,14,16H2,1H3,(H,24,27). The van der Waals surface area contributed by atoms with Crippen molar-refractivity contribution in [3.63, 3.8) is 0 Å². The molecule has 0 atom stereocenters. The fraction of sp³-hybridized carbons (Fsp3) is 0.217. The molecule has 2 aromatic heterocycles.